The van der Waals surface area contributed by atoms with Gasteiger partial charge in [-0.1, -0.05) is 13.3 Å². The highest BCUT2D eigenvalue weighted by atomic mass is 16.2. The van der Waals surface area contributed by atoms with E-state index in [1.165, 1.54) is 0 Å². The Bertz CT molecular complexity index is 691. The van der Waals surface area contributed by atoms with Crippen molar-refractivity contribution in [1.82, 2.24) is 14.8 Å². The Labute approximate surface area is 155 Å². The van der Waals surface area contributed by atoms with Crippen LogP contribution in [0.5, 0.6) is 0 Å². The molecular weight excluding hydrogens is 328 g/mol. The van der Waals surface area contributed by atoms with E-state index in [0.29, 0.717) is 31.5 Å². The van der Waals surface area contributed by atoms with Gasteiger partial charge in [0.25, 0.3) is 11.8 Å². The second-order valence-corrected chi connectivity index (χ2v) is 7.47. The zero-order valence-corrected chi connectivity index (χ0v) is 15.9. The summed E-state index contributed by atoms with van der Waals surface area (Å²) < 4.78 is 0. The van der Waals surface area contributed by atoms with Gasteiger partial charge in [0, 0.05) is 37.9 Å². The van der Waals surface area contributed by atoms with Gasteiger partial charge in [0.2, 0.25) is 0 Å². The average molecular weight is 356 g/mol. The standard InChI is InChI=1S/C20H28N4O2/c1-4-5-8-17-22-20(19(26)24(17)15(2)3)9-12-23(13-10-20)18(25)16-7-6-11-21-14-16/h6-7,11,14-15H,4-5,8-10,12-13H2,1-3H3. The van der Waals surface area contributed by atoms with Crippen molar-refractivity contribution in [2.24, 2.45) is 4.99 Å². The molecule has 0 N–H and O–H groups in total. The molecule has 0 bridgehead atoms. The molecule has 1 aromatic heterocycles. The van der Waals surface area contributed by atoms with E-state index in [4.69, 9.17) is 4.99 Å². The van der Waals surface area contributed by atoms with Gasteiger partial charge in [-0.2, -0.15) is 0 Å². The summed E-state index contributed by atoms with van der Waals surface area (Å²) in [7, 11) is 0. The molecule has 6 heteroatoms. The predicted molar refractivity (Wildman–Crippen MR) is 101 cm³/mol. The fourth-order valence-corrected chi connectivity index (χ4v) is 3.81. The lowest BCUT2D eigenvalue weighted by Gasteiger charge is -2.36. The smallest absolute Gasteiger partial charge is 0.256 e. The molecule has 1 spiro atoms. The van der Waals surface area contributed by atoms with Gasteiger partial charge in [-0.3, -0.25) is 24.5 Å². The van der Waals surface area contributed by atoms with Crippen molar-refractivity contribution in [3.05, 3.63) is 30.1 Å². The summed E-state index contributed by atoms with van der Waals surface area (Å²) in [5.41, 5.74) is -0.0730. The van der Waals surface area contributed by atoms with Crippen molar-refractivity contribution in [3.63, 3.8) is 0 Å². The normalized spacial score (nSPS) is 19.4. The van der Waals surface area contributed by atoms with Crippen LogP contribution in [0.25, 0.3) is 0 Å². The first-order chi connectivity index (χ1) is 12.5. The van der Waals surface area contributed by atoms with Crippen LogP contribution in [-0.4, -0.2) is 57.1 Å². The number of aliphatic imine (C=N–C) groups is 1. The molecule has 0 unspecified atom stereocenters. The molecule has 0 radical (unpaired) electrons. The number of nitrogens with zero attached hydrogens (tertiary/aromatic N) is 4. The van der Waals surface area contributed by atoms with Gasteiger partial charge in [0.05, 0.1) is 5.56 Å². The fourth-order valence-electron chi connectivity index (χ4n) is 3.81. The number of carbonyl (C=O) groups is 2. The summed E-state index contributed by atoms with van der Waals surface area (Å²) in [5, 5.41) is 0. The molecule has 0 saturated carbocycles. The van der Waals surface area contributed by atoms with Crippen LogP contribution < -0.4 is 0 Å². The minimum Gasteiger partial charge on any atom is -0.338 e. The maximum Gasteiger partial charge on any atom is 0.256 e. The van der Waals surface area contributed by atoms with Gasteiger partial charge in [-0.25, -0.2) is 0 Å². The third-order valence-electron chi connectivity index (χ3n) is 5.29. The van der Waals surface area contributed by atoms with E-state index in [1.807, 2.05) is 23.6 Å². The largest absolute Gasteiger partial charge is 0.338 e. The van der Waals surface area contributed by atoms with Gasteiger partial charge in [-0.15, -0.1) is 0 Å². The molecule has 6 nitrogen and oxygen atoms in total. The molecule has 1 saturated heterocycles. The first-order valence-corrected chi connectivity index (χ1v) is 9.60. The Morgan fingerprint density at radius 2 is 2.04 bits per heavy atom. The summed E-state index contributed by atoms with van der Waals surface area (Å²) in [6, 6.07) is 3.67. The quantitative estimate of drug-likeness (QED) is 0.815. The zero-order valence-electron chi connectivity index (χ0n) is 15.9. The van der Waals surface area contributed by atoms with E-state index < -0.39 is 5.54 Å². The Morgan fingerprint density at radius 1 is 1.31 bits per heavy atom. The van der Waals surface area contributed by atoms with Crippen molar-refractivity contribution in [2.75, 3.05) is 13.1 Å². The number of aromatic nitrogens is 1. The lowest BCUT2D eigenvalue weighted by atomic mass is 9.87. The van der Waals surface area contributed by atoms with Crippen LogP contribution in [0.15, 0.2) is 29.5 Å². The molecule has 2 aliphatic rings. The molecule has 3 heterocycles. The SMILES string of the molecule is CCCCC1=NC2(CCN(C(=O)c3cccnc3)CC2)C(=O)N1C(C)C. The predicted octanol–water partition coefficient (Wildman–Crippen LogP) is 2.90. The van der Waals surface area contributed by atoms with Crippen molar-refractivity contribution in [2.45, 2.75) is 64.5 Å². The molecule has 140 valence electrons. The van der Waals surface area contributed by atoms with Gasteiger partial charge in [0.15, 0.2) is 0 Å². The second kappa shape index (κ2) is 7.56. The molecular formula is C20H28N4O2. The number of hydrogen-bond donors (Lipinski definition) is 0. The zero-order chi connectivity index (χ0) is 18.7. The van der Waals surface area contributed by atoms with Crippen LogP contribution in [0.1, 0.15) is 63.2 Å². The summed E-state index contributed by atoms with van der Waals surface area (Å²) >= 11 is 0. The summed E-state index contributed by atoms with van der Waals surface area (Å²) in [5.74, 6) is 1.03. The van der Waals surface area contributed by atoms with Crippen LogP contribution in [-0.2, 0) is 4.79 Å². The average Bonchev–Trinajstić information content (AvgIpc) is 2.92. The topological polar surface area (TPSA) is 65.9 Å². The highest BCUT2D eigenvalue weighted by Crippen LogP contribution is 2.36. The summed E-state index contributed by atoms with van der Waals surface area (Å²) in [6.45, 7) is 7.33. The Kier molecular flexibility index (Phi) is 5.39. The third-order valence-corrected chi connectivity index (χ3v) is 5.29. The Morgan fingerprint density at radius 3 is 2.62 bits per heavy atom. The number of carbonyl (C=O) groups excluding carboxylic acids is 2. The highest BCUT2D eigenvalue weighted by Gasteiger charge is 2.50. The lowest BCUT2D eigenvalue weighted by Crippen LogP contribution is -2.52. The fraction of sp³-hybridized carbons (Fsp3) is 0.600. The first-order valence-electron chi connectivity index (χ1n) is 9.60. The van der Waals surface area contributed by atoms with Crippen molar-refractivity contribution in [3.8, 4) is 0 Å². The monoisotopic (exact) mass is 356 g/mol. The molecule has 0 aromatic carbocycles. The summed E-state index contributed by atoms with van der Waals surface area (Å²) in [6.07, 6.45) is 7.41. The van der Waals surface area contributed by atoms with E-state index in [1.54, 1.807) is 24.5 Å². The molecule has 3 rings (SSSR count). The van der Waals surface area contributed by atoms with E-state index in [9.17, 15) is 9.59 Å². The van der Waals surface area contributed by atoms with E-state index >= 15 is 0 Å². The Balaban J connectivity index is 1.73. The van der Waals surface area contributed by atoms with Crippen LogP contribution in [0, 0.1) is 0 Å². The van der Waals surface area contributed by atoms with Crippen molar-refractivity contribution in [1.29, 1.82) is 0 Å². The minimum absolute atomic E-state index is 0.0192. The molecule has 1 aromatic rings. The number of likely N-dealkylation sites (tertiary alicyclic amines) is 1. The number of amides is 2. The minimum atomic E-state index is -0.668. The molecule has 1 fully saturated rings. The molecule has 2 amide bonds. The maximum absolute atomic E-state index is 13.1. The number of unbranched alkanes of at least 4 members (excludes halogenated alkanes) is 1. The molecule has 0 aliphatic carbocycles. The van der Waals surface area contributed by atoms with Gasteiger partial charge < -0.3 is 4.90 Å². The van der Waals surface area contributed by atoms with Gasteiger partial charge in [0.1, 0.15) is 11.4 Å². The number of hydrogen-bond acceptors (Lipinski definition) is 4. The number of rotatable bonds is 5. The third kappa shape index (κ3) is 3.37. The second-order valence-electron chi connectivity index (χ2n) is 7.47. The van der Waals surface area contributed by atoms with Gasteiger partial charge in [-0.05, 0) is 45.2 Å². The van der Waals surface area contributed by atoms with Crippen molar-refractivity contribution < 1.29 is 9.59 Å². The van der Waals surface area contributed by atoms with Crippen LogP contribution in [0.3, 0.4) is 0 Å². The van der Waals surface area contributed by atoms with Crippen LogP contribution in [0.2, 0.25) is 0 Å². The van der Waals surface area contributed by atoms with Crippen molar-refractivity contribution >= 4 is 17.6 Å². The Hall–Kier alpha value is -2.24. The van der Waals surface area contributed by atoms with E-state index in [-0.39, 0.29) is 17.9 Å². The van der Waals surface area contributed by atoms with Crippen LogP contribution >= 0.6 is 0 Å². The molecule has 2 aliphatic heterocycles. The van der Waals surface area contributed by atoms with E-state index in [2.05, 4.69) is 11.9 Å². The lowest BCUT2D eigenvalue weighted by molar-refractivity contribution is -0.133. The number of piperidine rings is 1. The number of pyridine rings is 1. The summed E-state index contributed by atoms with van der Waals surface area (Å²) in [4.78, 5) is 38.4. The van der Waals surface area contributed by atoms with E-state index in [0.717, 1.165) is 25.1 Å². The van der Waals surface area contributed by atoms with Gasteiger partial charge >= 0.3 is 0 Å². The van der Waals surface area contributed by atoms with Crippen LogP contribution in [0.4, 0.5) is 0 Å². The molecule has 0 atom stereocenters. The highest BCUT2D eigenvalue weighted by molar-refractivity contribution is 6.08. The maximum atomic E-state index is 13.1. The first kappa shape index (κ1) is 18.5. The molecule has 26 heavy (non-hydrogen) atoms. The number of amidine groups is 1.